The van der Waals surface area contributed by atoms with Gasteiger partial charge in [-0.25, -0.2) is 0 Å². The van der Waals surface area contributed by atoms with E-state index in [-0.39, 0.29) is 0 Å². The molecule has 0 N–H and O–H groups in total. The van der Waals surface area contributed by atoms with Crippen molar-refractivity contribution in [1.82, 2.24) is 0 Å². The van der Waals surface area contributed by atoms with E-state index < -0.39 is 0 Å². The predicted octanol–water partition coefficient (Wildman–Crippen LogP) is 4.73. The second-order valence-electron chi connectivity index (χ2n) is 6.16. The number of rotatable bonds is 0. The van der Waals surface area contributed by atoms with Crippen molar-refractivity contribution in [3.63, 3.8) is 0 Å². The van der Waals surface area contributed by atoms with E-state index in [0.717, 1.165) is 11.8 Å². The molecule has 0 aromatic carbocycles. The summed E-state index contributed by atoms with van der Waals surface area (Å²) in [5.41, 5.74) is 3.74. The summed E-state index contributed by atoms with van der Waals surface area (Å²) in [7, 11) is 0. The number of hydrogen-bond donors (Lipinski definition) is 0. The third-order valence-corrected chi connectivity index (χ3v) is 4.49. The molecular weight excluding hydrogens is 180 g/mol. The molecule has 0 spiro atoms. The number of fused-ring (bicyclic) bond motifs is 1. The Labute approximate surface area is 94.5 Å². The van der Waals surface area contributed by atoms with Crippen molar-refractivity contribution in [2.75, 3.05) is 0 Å². The predicted molar refractivity (Wildman–Crippen MR) is 66.7 cm³/mol. The summed E-state index contributed by atoms with van der Waals surface area (Å²) in [6.45, 7) is 9.54. The molecule has 0 radical (unpaired) electrons. The second kappa shape index (κ2) is 3.81. The number of hydrogen-bond acceptors (Lipinski definition) is 0. The molecule has 0 bridgehead atoms. The van der Waals surface area contributed by atoms with E-state index in [1.807, 2.05) is 0 Å². The summed E-state index contributed by atoms with van der Waals surface area (Å²) in [5.74, 6) is 1.61. The zero-order valence-corrected chi connectivity index (χ0v) is 10.6. The molecule has 15 heavy (non-hydrogen) atoms. The first-order chi connectivity index (χ1) is 7.00. The topological polar surface area (TPSA) is 0 Å². The van der Waals surface area contributed by atoms with Crippen LogP contribution in [0.15, 0.2) is 23.3 Å². The Hall–Kier alpha value is -0.520. The van der Waals surface area contributed by atoms with Crippen molar-refractivity contribution < 1.29 is 0 Å². The fraction of sp³-hybridized carbons (Fsp3) is 0.733. The molecule has 2 rings (SSSR count). The molecule has 0 unspecified atom stereocenters. The van der Waals surface area contributed by atoms with Gasteiger partial charge in [0.25, 0.3) is 0 Å². The van der Waals surface area contributed by atoms with E-state index in [9.17, 15) is 0 Å². The molecule has 0 fully saturated rings. The van der Waals surface area contributed by atoms with Crippen molar-refractivity contribution >= 4 is 0 Å². The van der Waals surface area contributed by atoms with Gasteiger partial charge in [-0.2, -0.15) is 0 Å². The van der Waals surface area contributed by atoms with E-state index in [4.69, 9.17) is 0 Å². The molecular formula is C15H24. The molecule has 0 heteroatoms. The van der Waals surface area contributed by atoms with Crippen LogP contribution < -0.4 is 0 Å². The van der Waals surface area contributed by atoms with Crippen molar-refractivity contribution in [3.05, 3.63) is 23.3 Å². The van der Waals surface area contributed by atoms with E-state index in [2.05, 4.69) is 39.8 Å². The largest absolute Gasteiger partial charge is 0.0853 e. The lowest BCUT2D eigenvalue weighted by atomic mass is 9.65. The maximum Gasteiger partial charge on any atom is -0.0114 e. The zero-order chi connectivity index (χ0) is 11.1. The van der Waals surface area contributed by atoms with Gasteiger partial charge in [0, 0.05) is 0 Å². The minimum absolute atomic E-state index is 0.487. The summed E-state index contributed by atoms with van der Waals surface area (Å²) in [6, 6.07) is 0. The maximum absolute atomic E-state index is 2.57. The van der Waals surface area contributed by atoms with Gasteiger partial charge in [0.05, 0.1) is 0 Å². The summed E-state index contributed by atoms with van der Waals surface area (Å²) in [4.78, 5) is 0. The highest BCUT2D eigenvalue weighted by Crippen LogP contribution is 2.47. The van der Waals surface area contributed by atoms with Crippen LogP contribution in [-0.2, 0) is 0 Å². The molecule has 0 aromatic heterocycles. The summed E-state index contributed by atoms with van der Waals surface area (Å²) >= 11 is 0. The van der Waals surface area contributed by atoms with Gasteiger partial charge >= 0.3 is 0 Å². The van der Waals surface area contributed by atoms with Gasteiger partial charge in [0.1, 0.15) is 0 Å². The zero-order valence-electron chi connectivity index (χ0n) is 10.6. The Bertz CT molecular complexity index is 304. The fourth-order valence-electron chi connectivity index (χ4n) is 3.34. The first-order valence-electron chi connectivity index (χ1n) is 6.34. The van der Waals surface area contributed by atoms with Crippen LogP contribution in [0.25, 0.3) is 0 Å². The van der Waals surface area contributed by atoms with Crippen LogP contribution in [0.5, 0.6) is 0 Å². The number of allylic oxidation sites excluding steroid dienone is 4. The molecule has 2 atom stereocenters. The molecule has 0 saturated carbocycles. The molecule has 2 aliphatic carbocycles. The molecule has 2 aliphatic rings. The highest BCUT2D eigenvalue weighted by Gasteiger charge is 2.37. The second-order valence-corrected chi connectivity index (χ2v) is 6.16. The lowest BCUT2D eigenvalue weighted by Crippen LogP contribution is -2.30. The van der Waals surface area contributed by atoms with Crippen LogP contribution in [-0.4, -0.2) is 0 Å². The van der Waals surface area contributed by atoms with Crippen LogP contribution in [0.1, 0.15) is 53.4 Å². The quantitative estimate of drug-likeness (QED) is 0.501. The van der Waals surface area contributed by atoms with Crippen molar-refractivity contribution in [3.8, 4) is 0 Å². The molecule has 0 amide bonds. The van der Waals surface area contributed by atoms with E-state index in [1.165, 1.54) is 25.7 Å². The fourth-order valence-corrected chi connectivity index (χ4v) is 3.34. The molecule has 0 heterocycles. The average Bonchev–Trinajstić information content (AvgIpc) is 2.26. The molecule has 0 saturated heterocycles. The molecule has 0 aliphatic heterocycles. The SMILES string of the molecule is CC1=C[C@H]2[C@H](CC1)C(C)=CCCC2(C)C. The normalized spacial score (nSPS) is 34.9. The highest BCUT2D eigenvalue weighted by molar-refractivity contribution is 5.20. The summed E-state index contributed by atoms with van der Waals surface area (Å²) < 4.78 is 0. The summed E-state index contributed by atoms with van der Waals surface area (Å²) in [6.07, 6.45) is 10.4. The average molecular weight is 204 g/mol. The third-order valence-electron chi connectivity index (χ3n) is 4.49. The lowest BCUT2D eigenvalue weighted by Gasteiger charge is -2.40. The van der Waals surface area contributed by atoms with Gasteiger partial charge in [0.15, 0.2) is 0 Å². The van der Waals surface area contributed by atoms with Gasteiger partial charge in [-0.05, 0) is 56.8 Å². The molecule has 0 aromatic rings. The van der Waals surface area contributed by atoms with Crippen LogP contribution >= 0.6 is 0 Å². The third kappa shape index (κ3) is 2.04. The first kappa shape index (κ1) is 11.0. The van der Waals surface area contributed by atoms with Crippen molar-refractivity contribution in [2.24, 2.45) is 17.3 Å². The van der Waals surface area contributed by atoms with Gasteiger partial charge in [-0.15, -0.1) is 0 Å². The van der Waals surface area contributed by atoms with Crippen molar-refractivity contribution in [2.45, 2.75) is 53.4 Å². The van der Waals surface area contributed by atoms with Gasteiger partial charge in [-0.3, -0.25) is 0 Å². The Balaban J connectivity index is 2.36. The smallest absolute Gasteiger partial charge is 0.0114 e. The Morgan fingerprint density at radius 1 is 1.27 bits per heavy atom. The monoisotopic (exact) mass is 204 g/mol. The van der Waals surface area contributed by atoms with Gasteiger partial charge in [-0.1, -0.05) is 37.1 Å². The van der Waals surface area contributed by atoms with Gasteiger partial charge < -0.3 is 0 Å². The molecule has 84 valence electrons. The Kier molecular flexibility index (Phi) is 2.79. The highest BCUT2D eigenvalue weighted by atomic mass is 14.4. The van der Waals surface area contributed by atoms with E-state index in [1.54, 1.807) is 11.1 Å². The first-order valence-corrected chi connectivity index (χ1v) is 6.34. The van der Waals surface area contributed by atoms with Crippen LogP contribution in [0.4, 0.5) is 0 Å². The van der Waals surface area contributed by atoms with Crippen LogP contribution in [0.3, 0.4) is 0 Å². The standard InChI is InChI=1S/C15H24/c1-11-7-8-13-12(2)6-5-9-15(3,4)14(13)10-11/h6,10,13-14H,5,7-9H2,1-4H3/t13-,14+/m1/s1. The summed E-state index contributed by atoms with van der Waals surface area (Å²) in [5, 5.41) is 0. The lowest BCUT2D eigenvalue weighted by molar-refractivity contribution is 0.182. The Morgan fingerprint density at radius 3 is 2.73 bits per heavy atom. The maximum atomic E-state index is 2.57. The van der Waals surface area contributed by atoms with Crippen molar-refractivity contribution in [1.29, 1.82) is 0 Å². The molecule has 0 nitrogen and oxygen atoms in total. The Morgan fingerprint density at radius 2 is 2.00 bits per heavy atom. The van der Waals surface area contributed by atoms with Crippen LogP contribution in [0, 0.1) is 17.3 Å². The van der Waals surface area contributed by atoms with E-state index >= 15 is 0 Å². The van der Waals surface area contributed by atoms with E-state index in [0.29, 0.717) is 5.41 Å². The van der Waals surface area contributed by atoms with Crippen LogP contribution in [0.2, 0.25) is 0 Å². The minimum Gasteiger partial charge on any atom is -0.0853 e. The van der Waals surface area contributed by atoms with Gasteiger partial charge in [0.2, 0.25) is 0 Å². The minimum atomic E-state index is 0.487.